The highest BCUT2D eigenvalue weighted by Crippen LogP contribution is 2.31. The van der Waals surface area contributed by atoms with Crippen LogP contribution in [0.25, 0.3) is 0 Å². The highest BCUT2D eigenvalue weighted by atomic mass is 79.9. The monoisotopic (exact) mass is 420 g/mol. The molecule has 1 heterocycles. The molecule has 0 aliphatic heterocycles. The first-order valence-corrected chi connectivity index (χ1v) is 8.25. The van der Waals surface area contributed by atoms with Gasteiger partial charge in [-0.2, -0.15) is 5.10 Å². The Kier molecular flexibility index (Phi) is 5.29. The molecule has 0 radical (unpaired) electrons. The fourth-order valence-corrected chi connectivity index (χ4v) is 3.20. The molecule has 3 nitrogen and oxygen atoms in total. The number of rotatable bonds is 4. The summed E-state index contributed by atoms with van der Waals surface area (Å²) >= 11 is 13.1. The molecule has 1 aromatic heterocycles. The van der Waals surface area contributed by atoms with Crippen molar-refractivity contribution in [1.82, 2.24) is 9.78 Å². The summed E-state index contributed by atoms with van der Waals surface area (Å²) in [4.78, 5) is 0. The largest absolute Gasteiger partial charge is 0.388 e. The minimum absolute atomic E-state index is 0.464. The maximum absolute atomic E-state index is 10.5. The van der Waals surface area contributed by atoms with E-state index in [9.17, 15) is 5.11 Å². The average Bonchev–Trinajstić information content (AvgIpc) is 2.69. The third-order valence-corrected chi connectivity index (χ3v) is 5.03. The van der Waals surface area contributed by atoms with Gasteiger partial charge in [-0.25, -0.2) is 0 Å². The highest BCUT2D eigenvalue weighted by molar-refractivity contribution is 9.10. The van der Waals surface area contributed by atoms with Gasteiger partial charge in [0.25, 0.3) is 0 Å². The molecule has 0 amide bonds. The van der Waals surface area contributed by atoms with Gasteiger partial charge in [-0.1, -0.05) is 27.5 Å². The van der Waals surface area contributed by atoms with E-state index in [-0.39, 0.29) is 0 Å². The SMILES string of the molecule is CCn1nc(C)c(Br)c1CC(O)c1cc(Br)ccc1Cl. The number of hydrogen-bond donors (Lipinski definition) is 1. The van der Waals surface area contributed by atoms with Gasteiger partial charge in [-0.05, 0) is 48.0 Å². The minimum atomic E-state index is -0.669. The molecular formula is C14H15Br2ClN2O. The number of nitrogens with zero attached hydrogens (tertiary/aromatic N) is 2. The zero-order chi connectivity index (χ0) is 14.9. The van der Waals surface area contributed by atoms with Gasteiger partial charge in [0.1, 0.15) is 0 Å². The average molecular weight is 423 g/mol. The zero-order valence-corrected chi connectivity index (χ0v) is 15.1. The van der Waals surface area contributed by atoms with Crippen LogP contribution in [0.4, 0.5) is 0 Å². The third kappa shape index (κ3) is 3.27. The van der Waals surface area contributed by atoms with Gasteiger partial charge < -0.3 is 5.11 Å². The Morgan fingerprint density at radius 3 is 2.75 bits per heavy atom. The summed E-state index contributed by atoms with van der Waals surface area (Å²) in [5.41, 5.74) is 2.62. The number of benzene rings is 1. The van der Waals surface area contributed by atoms with Crippen LogP contribution in [0.15, 0.2) is 27.1 Å². The lowest BCUT2D eigenvalue weighted by atomic mass is 10.0. The smallest absolute Gasteiger partial charge is 0.0860 e. The van der Waals surface area contributed by atoms with Crippen LogP contribution in [0.1, 0.15) is 30.0 Å². The first-order chi connectivity index (χ1) is 9.43. The molecule has 1 unspecified atom stereocenters. The summed E-state index contributed by atoms with van der Waals surface area (Å²) in [5.74, 6) is 0. The molecule has 0 fully saturated rings. The molecule has 6 heteroatoms. The van der Waals surface area contributed by atoms with E-state index in [1.165, 1.54) is 0 Å². The topological polar surface area (TPSA) is 38.0 Å². The summed E-state index contributed by atoms with van der Waals surface area (Å²) in [6, 6.07) is 5.48. The highest BCUT2D eigenvalue weighted by Gasteiger charge is 2.19. The van der Waals surface area contributed by atoms with Crippen molar-refractivity contribution in [2.45, 2.75) is 32.9 Å². The lowest BCUT2D eigenvalue weighted by Crippen LogP contribution is -2.09. The van der Waals surface area contributed by atoms with Crippen LogP contribution in [0.2, 0.25) is 5.02 Å². The van der Waals surface area contributed by atoms with Crippen LogP contribution in [-0.4, -0.2) is 14.9 Å². The van der Waals surface area contributed by atoms with Crippen LogP contribution in [-0.2, 0) is 13.0 Å². The Labute approximate surface area is 140 Å². The van der Waals surface area contributed by atoms with Crippen LogP contribution in [0.5, 0.6) is 0 Å². The predicted molar refractivity (Wildman–Crippen MR) is 88.2 cm³/mol. The number of aliphatic hydroxyl groups is 1. The molecule has 1 aromatic carbocycles. The number of halogens is 3. The summed E-state index contributed by atoms with van der Waals surface area (Å²) in [6.45, 7) is 4.74. The van der Waals surface area contributed by atoms with Crippen molar-refractivity contribution in [3.63, 3.8) is 0 Å². The van der Waals surface area contributed by atoms with Gasteiger partial charge in [0.2, 0.25) is 0 Å². The molecule has 0 spiro atoms. The van der Waals surface area contributed by atoms with Crippen molar-refractivity contribution >= 4 is 43.5 Å². The standard InChI is InChI=1S/C14H15Br2ClN2O/c1-3-19-12(14(16)8(2)18-19)7-13(20)10-6-9(15)4-5-11(10)17/h4-6,13,20H,3,7H2,1-2H3. The van der Waals surface area contributed by atoms with Crippen molar-refractivity contribution in [3.05, 3.63) is 49.1 Å². The van der Waals surface area contributed by atoms with E-state index in [4.69, 9.17) is 11.6 Å². The first-order valence-electron chi connectivity index (χ1n) is 6.28. The van der Waals surface area contributed by atoms with Gasteiger partial charge in [0, 0.05) is 28.0 Å². The molecule has 20 heavy (non-hydrogen) atoms. The molecular weight excluding hydrogens is 407 g/mol. The zero-order valence-electron chi connectivity index (χ0n) is 11.2. The van der Waals surface area contributed by atoms with Gasteiger partial charge >= 0.3 is 0 Å². The lowest BCUT2D eigenvalue weighted by molar-refractivity contribution is 0.175. The van der Waals surface area contributed by atoms with E-state index in [1.54, 1.807) is 6.07 Å². The second kappa shape index (κ2) is 6.60. The van der Waals surface area contributed by atoms with Crippen molar-refractivity contribution in [2.75, 3.05) is 0 Å². The minimum Gasteiger partial charge on any atom is -0.388 e. The normalized spacial score (nSPS) is 12.7. The Balaban J connectivity index is 2.32. The fraction of sp³-hybridized carbons (Fsp3) is 0.357. The Hall–Kier alpha value is -0.360. The van der Waals surface area contributed by atoms with Gasteiger partial charge in [0.15, 0.2) is 0 Å². The van der Waals surface area contributed by atoms with Crippen molar-refractivity contribution in [1.29, 1.82) is 0 Å². The summed E-state index contributed by atoms with van der Waals surface area (Å²) in [7, 11) is 0. The summed E-state index contributed by atoms with van der Waals surface area (Å²) in [5, 5.41) is 15.5. The molecule has 2 rings (SSSR count). The van der Waals surface area contributed by atoms with E-state index >= 15 is 0 Å². The molecule has 1 atom stereocenters. The molecule has 0 bridgehead atoms. The summed E-state index contributed by atoms with van der Waals surface area (Å²) < 4.78 is 3.74. The first kappa shape index (κ1) is 16.0. The fourth-order valence-electron chi connectivity index (χ4n) is 2.13. The van der Waals surface area contributed by atoms with E-state index in [0.29, 0.717) is 11.4 Å². The molecule has 0 aliphatic rings. The predicted octanol–water partition coefficient (Wildman–Crippen LogP) is 4.67. The molecule has 1 N–H and O–H groups in total. The number of aromatic nitrogens is 2. The van der Waals surface area contributed by atoms with Crippen LogP contribution < -0.4 is 0 Å². The van der Waals surface area contributed by atoms with Gasteiger partial charge in [0.05, 0.1) is 22.0 Å². The Bertz CT molecular complexity index is 628. The van der Waals surface area contributed by atoms with Crippen LogP contribution in [0.3, 0.4) is 0 Å². The number of aryl methyl sites for hydroxylation is 2. The third-order valence-electron chi connectivity index (χ3n) is 3.16. The van der Waals surface area contributed by atoms with E-state index in [0.717, 1.165) is 32.4 Å². The van der Waals surface area contributed by atoms with Crippen LogP contribution >= 0.6 is 43.5 Å². The van der Waals surface area contributed by atoms with Gasteiger partial charge in [-0.15, -0.1) is 0 Å². The number of hydrogen-bond acceptors (Lipinski definition) is 2. The second-order valence-electron chi connectivity index (χ2n) is 4.55. The summed E-state index contributed by atoms with van der Waals surface area (Å²) in [6.07, 6.45) is -0.205. The van der Waals surface area contributed by atoms with E-state index in [2.05, 4.69) is 37.0 Å². The second-order valence-corrected chi connectivity index (χ2v) is 6.66. The number of aliphatic hydroxyl groups excluding tert-OH is 1. The maximum Gasteiger partial charge on any atom is 0.0860 e. The molecule has 0 aliphatic carbocycles. The lowest BCUT2D eigenvalue weighted by Gasteiger charge is -2.14. The van der Waals surface area contributed by atoms with Gasteiger partial charge in [-0.3, -0.25) is 4.68 Å². The quantitative estimate of drug-likeness (QED) is 0.778. The molecule has 2 aromatic rings. The van der Waals surface area contributed by atoms with Crippen molar-refractivity contribution in [3.8, 4) is 0 Å². The van der Waals surface area contributed by atoms with Crippen LogP contribution in [0, 0.1) is 6.92 Å². The Morgan fingerprint density at radius 1 is 1.40 bits per heavy atom. The van der Waals surface area contributed by atoms with Crippen molar-refractivity contribution in [2.24, 2.45) is 0 Å². The van der Waals surface area contributed by atoms with E-state index < -0.39 is 6.10 Å². The molecule has 108 valence electrons. The Morgan fingerprint density at radius 2 is 2.10 bits per heavy atom. The molecule has 0 saturated heterocycles. The van der Waals surface area contributed by atoms with E-state index in [1.807, 2.05) is 30.7 Å². The van der Waals surface area contributed by atoms with Crippen molar-refractivity contribution < 1.29 is 5.11 Å². The molecule has 0 saturated carbocycles. The maximum atomic E-state index is 10.5.